The van der Waals surface area contributed by atoms with E-state index in [0.717, 1.165) is 45.3 Å². The molecule has 0 aliphatic rings. The van der Waals surface area contributed by atoms with Gasteiger partial charge in [-0.15, -0.1) is 0 Å². The smallest absolute Gasteiger partial charge is 0.313 e. The maximum absolute atomic E-state index is 11.9. The Morgan fingerprint density at radius 3 is 1.63 bits per heavy atom. The largest absolute Gasteiger partial charge is 0.628 e. The number of carbonyl (C=O) groups is 1. The molecule has 4 heteroatoms. The van der Waals surface area contributed by atoms with E-state index >= 15 is 0 Å². The summed E-state index contributed by atoms with van der Waals surface area (Å²) in [4.78, 5) is 14.3. The summed E-state index contributed by atoms with van der Waals surface area (Å²) in [7, 11) is 0. The average Bonchev–Trinajstić information content (AvgIpc) is 2.69. The molecule has 1 amide bonds. The molecule has 2 N–H and O–H groups in total. The van der Waals surface area contributed by atoms with Gasteiger partial charge in [-0.25, -0.2) is 4.79 Å². The molecule has 1 unspecified atom stereocenters. The molecular formula is C23H48N2O2. The second-order valence-electron chi connectivity index (χ2n) is 8.06. The lowest BCUT2D eigenvalue weighted by molar-refractivity contribution is -0.504. The SMILES string of the molecule is CCCCCCCCCCCCCCC(CCCN(CC)CC)C(=O)[NH2+][O-]. The molecule has 0 saturated heterocycles. The van der Waals surface area contributed by atoms with Crippen LogP contribution in [0.2, 0.25) is 0 Å². The quantitative estimate of drug-likeness (QED) is 0.226. The van der Waals surface area contributed by atoms with Gasteiger partial charge >= 0.3 is 5.91 Å². The van der Waals surface area contributed by atoms with Crippen molar-refractivity contribution in [2.24, 2.45) is 5.92 Å². The van der Waals surface area contributed by atoms with E-state index in [2.05, 4.69) is 25.7 Å². The van der Waals surface area contributed by atoms with Gasteiger partial charge < -0.3 is 15.6 Å². The van der Waals surface area contributed by atoms with Gasteiger partial charge in [-0.3, -0.25) is 0 Å². The third kappa shape index (κ3) is 16.2. The Bertz CT molecular complexity index is 320. The van der Waals surface area contributed by atoms with Gasteiger partial charge in [-0.2, -0.15) is 0 Å². The number of hydroxylamine groups is 1. The number of primary amides is 1. The molecule has 0 fully saturated rings. The number of hydrogen-bond donors (Lipinski definition) is 1. The minimum Gasteiger partial charge on any atom is -0.628 e. The van der Waals surface area contributed by atoms with Gasteiger partial charge in [0, 0.05) is 0 Å². The molecule has 27 heavy (non-hydrogen) atoms. The first-order valence-corrected chi connectivity index (χ1v) is 11.9. The summed E-state index contributed by atoms with van der Waals surface area (Å²) >= 11 is 0. The zero-order valence-corrected chi connectivity index (χ0v) is 18.6. The van der Waals surface area contributed by atoms with Crippen LogP contribution in [0.15, 0.2) is 0 Å². The minimum atomic E-state index is -0.183. The Labute approximate surface area is 169 Å². The molecule has 1 atom stereocenters. The highest BCUT2D eigenvalue weighted by molar-refractivity contribution is 5.68. The Hall–Kier alpha value is -0.450. The molecule has 162 valence electrons. The number of rotatable bonds is 20. The van der Waals surface area contributed by atoms with Gasteiger partial charge in [0.2, 0.25) is 0 Å². The van der Waals surface area contributed by atoms with Crippen LogP contribution in [0, 0.1) is 11.1 Å². The van der Waals surface area contributed by atoms with Crippen molar-refractivity contribution in [3.8, 4) is 0 Å². The lowest BCUT2D eigenvalue weighted by Crippen LogP contribution is -2.83. The van der Waals surface area contributed by atoms with Crippen LogP contribution in [0.3, 0.4) is 0 Å². The first-order chi connectivity index (χ1) is 13.2. The summed E-state index contributed by atoms with van der Waals surface area (Å²) in [6.45, 7) is 9.76. The molecule has 0 heterocycles. The monoisotopic (exact) mass is 384 g/mol. The molecule has 0 aromatic carbocycles. The molecule has 0 bridgehead atoms. The second-order valence-corrected chi connectivity index (χ2v) is 8.06. The van der Waals surface area contributed by atoms with E-state index in [1.807, 2.05) is 0 Å². The Morgan fingerprint density at radius 1 is 0.741 bits per heavy atom. The summed E-state index contributed by atoms with van der Waals surface area (Å²) in [6, 6.07) is 0. The van der Waals surface area contributed by atoms with E-state index in [1.54, 1.807) is 0 Å². The zero-order valence-electron chi connectivity index (χ0n) is 18.6. The highest BCUT2D eigenvalue weighted by Gasteiger charge is 2.19. The third-order valence-corrected chi connectivity index (χ3v) is 5.85. The second kappa shape index (κ2) is 20.3. The van der Waals surface area contributed by atoms with Crippen molar-refractivity contribution in [1.29, 1.82) is 0 Å². The van der Waals surface area contributed by atoms with Crippen LogP contribution in [0.1, 0.15) is 117 Å². The van der Waals surface area contributed by atoms with Gasteiger partial charge in [0.05, 0.1) is 5.92 Å². The number of carbonyl (C=O) groups excluding carboxylic acids is 1. The average molecular weight is 385 g/mol. The molecule has 0 aliphatic heterocycles. The van der Waals surface area contributed by atoms with E-state index in [0.29, 0.717) is 5.48 Å². The molecule has 0 saturated carbocycles. The molecule has 0 rings (SSSR count). The fourth-order valence-electron chi connectivity index (χ4n) is 3.86. The highest BCUT2D eigenvalue weighted by Crippen LogP contribution is 2.17. The van der Waals surface area contributed by atoms with Crippen LogP contribution < -0.4 is 5.48 Å². The van der Waals surface area contributed by atoms with Crippen LogP contribution in [0.25, 0.3) is 0 Å². The number of nitrogens with two attached hydrogens (primary N) is 1. The fourth-order valence-corrected chi connectivity index (χ4v) is 3.86. The van der Waals surface area contributed by atoms with Crippen LogP contribution in [0.4, 0.5) is 0 Å². The lowest BCUT2D eigenvalue weighted by atomic mass is 9.94. The highest BCUT2D eigenvalue weighted by atomic mass is 16.5. The van der Waals surface area contributed by atoms with E-state index < -0.39 is 0 Å². The predicted octanol–water partition coefficient (Wildman–Crippen LogP) is 5.40. The first kappa shape index (κ1) is 26.6. The zero-order chi connectivity index (χ0) is 20.2. The van der Waals surface area contributed by atoms with Crippen molar-refractivity contribution in [2.75, 3.05) is 19.6 Å². The lowest BCUT2D eigenvalue weighted by Gasteiger charge is -2.20. The van der Waals surface area contributed by atoms with Gasteiger partial charge in [-0.05, 0) is 38.9 Å². The van der Waals surface area contributed by atoms with Crippen LogP contribution in [0.5, 0.6) is 0 Å². The number of hydrogen-bond acceptors (Lipinski definition) is 3. The number of unbranched alkanes of at least 4 members (excludes halogenated alkanes) is 11. The predicted molar refractivity (Wildman–Crippen MR) is 117 cm³/mol. The molecule has 0 aliphatic carbocycles. The molecule has 0 radical (unpaired) electrons. The van der Waals surface area contributed by atoms with E-state index in [-0.39, 0.29) is 11.8 Å². The van der Waals surface area contributed by atoms with Crippen molar-refractivity contribution < 1.29 is 10.3 Å². The topological polar surface area (TPSA) is 60.0 Å². The molecular weight excluding hydrogens is 336 g/mol. The maximum Gasteiger partial charge on any atom is 0.313 e. The molecule has 0 spiro atoms. The van der Waals surface area contributed by atoms with Gasteiger partial charge in [-0.1, -0.05) is 97.8 Å². The maximum atomic E-state index is 11.9. The number of quaternary nitrogens is 1. The summed E-state index contributed by atoms with van der Waals surface area (Å²) in [5, 5.41) is 10.9. The van der Waals surface area contributed by atoms with Gasteiger partial charge in [0.25, 0.3) is 0 Å². The standard InChI is InChI=1S/C23H48N2O2/c1-4-7-8-9-10-11-12-13-14-15-16-17-19-22(23(26)24-27)20-18-21-25(5-2)6-3/h22H,4-21,24H2,1-3H3. The minimum absolute atomic E-state index is 0.0406. The van der Waals surface area contributed by atoms with Crippen molar-refractivity contribution in [1.82, 2.24) is 4.90 Å². The van der Waals surface area contributed by atoms with Crippen molar-refractivity contribution >= 4 is 5.91 Å². The number of nitrogens with zero attached hydrogens (tertiary/aromatic N) is 1. The Kier molecular flexibility index (Phi) is 20.0. The first-order valence-electron chi connectivity index (χ1n) is 11.9. The summed E-state index contributed by atoms with van der Waals surface area (Å²) in [5.41, 5.74) is 0.544. The summed E-state index contributed by atoms with van der Waals surface area (Å²) < 4.78 is 0. The van der Waals surface area contributed by atoms with Gasteiger partial charge in [0.15, 0.2) is 0 Å². The van der Waals surface area contributed by atoms with Crippen LogP contribution in [-0.4, -0.2) is 30.4 Å². The molecule has 0 aromatic heterocycles. The molecule has 0 aromatic rings. The summed E-state index contributed by atoms with van der Waals surface area (Å²) in [5.74, 6) is -0.223. The van der Waals surface area contributed by atoms with Gasteiger partial charge in [0.1, 0.15) is 0 Å². The van der Waals surface area contributed by atoms with Crippen LogP contribution >= 0.6 is 0 Å². The summed E-state index contributed by atoms with van der Waals surface area (Å²) in [6.07, 6.45) is 18.7. The van der Waals surface area contributed by atoms with E-state index in [1.165, 1.54) is 70.6 Å². The van der Waals surface area contributed by atoms with Crippen LogP contribution in [-0.2, 0) is 4.79 Å². The van der Waals surface area contributed by atoms with Crippen molar-refractivity contribution in [3.05, 3.63) is 5.21 Å². The molecule has 4 nitrogen and oxygen atoms in total. The number of amides is 1. The van der Waals surface area contributed by atoms with Crippen molar-refractivity contribution in [2.45, 2.75) is 117 Å². The van der Waals surface area contributed by atoms with E-state index in [9.17, 15) is 10.0 Å². The normalized spacial score (nSPS) is 12.6. The van der Waals surface area contributed by atoms with E-state index in [4.69, 9.17) is 0 Å². The Balaban J connectivity index is 3.66. The van der Waals surface area contributed by atoms with Crippen molar-refractivity contribution in [3.63, 3.8) is 0 Å². The third-order valence-electron chi connectivity index (χ3n) is 5.85. The fraction of sp³-hybridized carbons (Fsp3) is 0.957. The Morgan fingerprint density at radius 2 is 1.19 bits per heavy atom.